The van der Waals surface area contributed by atoms with Crippen LogP contribution in [0.2, 0.25) is 10.0 Å². The molecule has 3 aromatic rings. The largest absolute Gasteiger partial charge is 0.495 e. The Labute approximate surface area is 153 Å². The standard InChI is InChI=1S/C17H13Cl2N3O3/c1-24-14-5-4-10(7-12(14)18)16-21-13(9-23)15(19)17(22-16)20-8-11-3-2-6-25-11/h2-7,9H,8H2,1H3,(H,20,21,22). The molecule has 0 unspecified atom stereocenters. The van der Waals surface area contributed by atoms with Crippen LogP contribution >= 0.6 is 23.2 Å². The quantitative estimate of drug-likeness (QED) is 0.638. The molecule has 2 aromatic heterocycles. The number of nitrogens with one attached hydrogen (secondary N) is 1. The average Bonchev–Trinajstić information content (AvgIpc) is 3.14. The van der Waals surface area contributed by atoms with Gasteiger partial charge in [-0.1, -0.05) is 23.2 Å². The molecule has 25 heavy (non-hydrogen) atoms. The minimum atomic E-state index is 0.0838. The summed E-state index contributed by atoms with van der Waals surface area (Å²) in [7, 11) is 1.53. The molecule has 0 spiro atoms. The van der Waals surface area contributed by atoms with E-state index in [2.05, 4.69) is 15.3 Å². The van der Waals surface area contributed by atoms with E-state index in [1.54, 1.807) is 30.5 Å². The third-order valence-electron chi connectivity index (χ3n) is 3.41. The molecular formula is C17H13Cl2N3O3. The van der Waals surface area contributed by atoms with Crippen molar-refractivity contribution in [2.24, 2.45) is 0 Å². The fourth-order valence-corrected chi connectivity index (χ4v) is 2.63. The third kappa shape index (κ3) is 3.75. The predicted octanol–water partition coefficient (Wildman–Crippen LogP) is 4.48. The number of carbonyl (C=O) groups is 1. The van der Waals surface area contributed by atoms with Crippen LogP contribution < -0.4 is 10.1 Å². The van der Waals surface area contributed by atoms with E-state index in [1.165, 1.54) is 7.11 Å². The Balaban J connectivity index is 1.97. The molecule has 0 aliphatic heterocycles. The van der Waals surface area contributed by atoms with Gasteiger partial charge in [0.05, 0.1) is 24.9 Å². The molecule has 0 fully saturated rings. The zero-order valence-corrected chi connectivity index (χ0v) is 14.6. The van der Waals surface area contributed by atoms with E-state index < -0.39 is 0 Å². The Morgan fingerprint density at radius 2 is 2.12 bits per heavy atom. The van der Waals surface area contributed by atoms with Crippen LogP contribution in [0.3, 0.4) is 0 Å². The molecule has 0 bridgehead atoms. The number of benzene rings is 1. The van der Waals surface area contributed by atoms with E-state index in [0.717, 1.165) is 0 Å². The van der Waals surface area contributed by atoms with Gasteiger partial charge in [-0.3, -0.25) is 4.79 Å². The summed E-state index contributed by atoms with van der Waals surface area (Å²) in [6.45, 7) is 0.366. The first kappa shape index (κ1) is 17.3. The average molecular weight is 378 g/mol. The molecule has 6 nitrogen and oxygen atoms in total. The van der Waals surface area contributed by atoms with E-state index in [4.69, 9.17) is 32.4 Å². The lowest BCUT2D eigenvalue weighted by Crippen LogP contribution is -2.06. The highest BCUT2D eigenvalue weighted by atomic mass is 35.5. The van der Waals surface area contributed by atoms with Crippen LogP contribution in [0.25, 0.3) is 11.4 Å². The Morgan fingerprint density at radius 1 is 1.28 bits per heavy atom. The van der Waals surface area contributed by atoms with Crippen molar-refractivity contribution in [1.82, 2.24) is 9.97 Å². The summed E-state index contributed by atoms with van der Waals surface area (Å²) in [6.07, 6.45) is 2.15. The van der Waals surface area contributed by atoms with Crippen LogP contribution in [0, 0.1) is 0 Å². The van der Waals surface area contributed by atoms with Crippen molar-refractivity contribution in [2.75, 3.05) is 12.4 Å². The van der Waals surface area contributed by atoms with Crippen LogP contribution in [0.15, 0.2) is 41.0 Å². The Bertz CT molecular complexity index is 898. The van der Waals surface area contributed by atoms with Crippen molar-refractivity contribution < 1.29 is 13.9 Å². The first-order chi connectivity index (χ1) is 12.1. The monoisotopic (exact) mass is 377 g/mol. The van der Waals surface area contributed by atoms with Crippen molar-refractivity contribution in [3.05, 3.63) is 58.1 Å². The molecule has 0 aliphatic carbocycles. The molecule has 0 aliphatic rings. The van der Waals surface area contributed by atoms with Crippen LogP contribution in [-0.4, -0.2) is 23.4 Å². The zero-order valence-electron chi connectivity index (χ0n) is 13.1. The van der Waals surface area contributed by atoms with Gasteiger partial charge in [-0.05, 0) is 30.3 Å². The highest BCUT2D eigenvalue weighted by Crippen LogP contribution is 2.31. The molecule has 0 saturated carbocycles. The second-order valence-electron chi connectivity index (χ2n) is 5.00. The van der Waals surface area contributed by atoms with Gasteiger partial charge < -0.3 is 14.5 Å². The Kier molecular flexibility index (Phi) is 5.21. The van der Waals surface area contributed by atoms with Gasteiger partial charge in [0, 0.05) is 5.56 Å². The maximum absolute atomic E-state index is 11.3. The molecule has 0 radical (unpaired) electrons. The highest BCUT2D eigenvalue weighted by Gasteiger charge is 2.15. The minimum Gasteiger partial charge on any atom is -0.495 e. The van der Waals surface area contributed by atoms with Crippen molar-refractivity contribution >= 4 is 35.3 Å². The number of anilines is 1. The second kappa shape index (κ2) is 7.55. The van der Waals surface area contributed by atoms with Gasteiger partial charge in [0.25, 0.3) is 0 Å². The molecule has 128 valence electrons. The summed E-state index contributed by atoms with van der Waals surface area (Å²) >= 11 is 12.3. The van der Waals surface area contributed by atoms with E-state index in [0.29, 0.717) is 46.6 Å². The lowest BCUT2D eigenvalue weighted by Gasteiger charge is -2.11. The van der Waals surface area contributed by atoms with Crippen molar-refractivity contribution in [3.8, 4) is 17.1 Å². The fourth-order valence-electron chi connectivity index (χ4n) is 2.18. The van der Waals surface area contributed by atoms with E-state index in [-0.39, 0.29) is 10.7 Å². The predicted molar refractivity (Wildman–Crippen MR) is 95.5 cm³/mol. The van der Waals surface area contributed by atoms with Crippen molar-refractivity contribution in [3.63, 3.8) is 0 Å². The summed E-state index contributed by atoms with van der Waals surface area (Å²) in [5, 5.41) is 3.60. The molecule has 1 N–H and O–H groups in total. The van der Waals surface area contributed by atoms with E-state index in [9.17, 15) is 4.79 Å². The van der Waals surface area contributed by atoms with Crippen LogP contribution in [-0.2, 0) is 6.54 Å². The topological polar surface area (TPSA) is 77.2 Å². The second-order valence-corrected chi connectivity index (χ2v) is 5.78. The molecule has 0 atom stereocenters. The molecule has 8 heteroatoms. The first-order valence-electron chi connectivity index (χ1n) is 7.25. The number of halogens is 2. The maximum atomic E-state index is 11.3. The number of carbonyl (C=O) groups excluding carboxylic acids is 1. The molecule has 0 saturated heterocycles. The van der Waals surface area contributed by atoms with Gasteiger partial charge in [0.2, 0.25) is 0 Å². The summed E-state index contributed by atoms with van der Waals surface area (Å²) in [4.78, 5) is 19.9. The normalized spacial score (nSPS) is 10.5. The summed E-state index contributed by atoms with van der Waals surface area (Å²) in [6, 6.07) is 8.70. The number of aromatic nitrogens is 2. The summed E-state index contributed by atoms with van der Waals surface area (Å²) < 4.78 is 10.4. The number of rotatable bonds is 6. The third-order valence-corrected chi connectivity index (χ3v) is 4.08. The number of aldehydes is 1. The number of methoxy groups -OCH3 is 1. The van der Waals surface area contributed by atoms with Gasteiger partial charge in [0.15, 0.2) is 12.1 Å². The molecule has 3 rings (SSSR count). The lowest BCUT2D eigenvalue weighted by molar-refractivity contribution is 0.111. The van der Waals surface area contributed by atoms with Crippen LogP contribution in [0.4, 0.5) is 5.82 Å². The number of furan rings is 1. The first-order valence-corrected chi connectivity index (χ1v) is 8.01. The summed E-state index contributed by atoms with van der Waals surface area (Å²) in [5.41, 5.74) is 0.715. The van der Waals surface area contributed by atoms with Crippen molar-refractivity contribution in [2.45, 2.75) is 6.54 Å². The highest BCUT2D eigenvalue weighted by molar-refractivity contribution is 6.35. The minimum absolute atomic E-state index is 0.0838. The van der Waals surface area contributed by atoms with Gasteiger partial charge in [-0.2, -0.15) is 0 Å². The smallest absolute Gasteiger partial charge is 0.170 e. The maximum Gasteiger partial charge on any atom is 0.170 e. The van der Waals surface area contributed by atoms with E-state index in [1.807, 2.05) is 6.07 Å². The van der Waals surface area contributed by atoms with Crippen molar-refractivity contribution in [1.29, 1.82) is 0 Å². The number of ether oxygens (including phenoxy) is 1. The zero-order chi connectivity index (χ0) is 17.8. The Morgan fingerprint density at radius 3 is 2.76 bits per heavy atom. The number of hydrogen-bond donors (Lipinski definition) is 1. The van der Waals surface area contributed by atoms with Gasteiger partial charge in [-0.25, -0.2) is 9.97 Å². The lowest BCUT2D eigenvalue weighted by atomic mass is 10.2. The number of nitrogens with zero attached hydrogens (tertiary/aromatic N) is 2. The molecular weight excluding hydrogens is 365 g/mol. The molecule has 0 amide bonds. The summed E-state index contributed by atoms with van der Waals surface area (Å²) in [5.74, 6) is 1.89. The molecule has 1 aromatic carbocycles. The van der Waals surface area contributed by atoms with Crippen LogP contribution in [0.1, 0.15) is 16.2 Å². The number of hydrogen-bond acceptors (Lipinski definition) is 6. The van der Waals surface area contributed by atoms with Gasteiger partial charge in [0.1, 0.15) is 28.0 Å². The van der Waals surface area contributed by atoms with Crippen LogP contribution in [0.5, 0.6) is 5.75 Å². The molecule has 2 heterocycles. The fraction of sp³-hybridized carbons (Fsp3) is 0.118. The van der Waals surface area contributed by atoms with Gasteiger partial charge in [-0.15, -0.1) is 0 Å². The SMILES string of the molecule is COc1ccc(-c2nc(C=O)c(Cl)c(NCc3ccco3)n2)cc1Cl. The Hall–Kier alpha value is -2.57. The van der Waals surface area contributed by atoms with E-state index >= 15 is 0 Å². The van der Waals surface area contributed by atoms with Gasteiger partial charge >= 0.3 is 0 Å².